The third-order valence-corrected chi connectivity index (χ3v) is 5.49. The fourth-order valence-corrected chi connectivity index (χ4v) is 4.39. The van der Waals surface area contributed by atoms with Gasteiger partial charge < -0.3 is 15.0 Å². The lowest BCUT2D eigenvalue weighted by Gasteiger charge is -2.29. The highest BCUT2D eigenvalue weighted by atomic mass is 32.1. The van der Waals surface area contributed by atoms with Gasteiger partial charge in [-0.1, -0.05) is 48.0 Å². The van der Waals surface area contributed by atoms with Crippen molar-refractivity contribution < 1.29 is 4.74 Å². The molecule has 0 radical (unpaired) electrons. The smallest absolute Gasteiger partial charge is 0.174 e. The highest BCUT2D eigenvalue weighted by Crippen LogP contribution is 2.40. The summed E-state index contributed by atoms with van der Waals surface area (Å²) in [5.41, 5.74) is 6.17. The number of benzene rings is 3. The summed E-state index contributed by atoms with van der Waals surface area (Å²) < 4.78 is 6.20. The molecule has 0 aromatic heterocycles. The van der Waals surface area contributed by atoms with E-state index in [1.165, 1.54) is 22.3 Å². The molecule has 0 saturated carbocycles. The molecule has 1 heterocycles. The number of para-hydroxylation sites is 3. The highest BCUT2D eigenvalue weighted by Gasteiger charge is 2.34. The minimum absolute atomic E-state index is 0.133. The van der Waals surface area contributed by atoms with Gasteiger partial charge >= 0.3 is 0 Å². The molecule has 0 amide bonds. The van der Waals surface area contributed by atoms with Gasteiger partial charge in [-0.15, -0.1) is 0 Å². The Bertz CT molecular complexity index is 993. The molecule has 28 heavy (non-hydrogen) atoms. The SMILES string of the molecule is Cc1cc(C)c(C2CNC(=S)N2c2ccccc2Oc2ccccc2)c(C)c1. The Balaban J connectivity index is 1.77. The third kappa shape index (κ3) is 3.48. The van der Waals surface area contributed by atoms with E-state index in [4.69, 9.17) is 17.0 Å². The van der Waals surface area contributed by atoms with Crippen molar-refractivity contribution in [2.75, 3.05) is 11.4 Å². The molecular weight excluding hydrogens is 364 g/mol. The first kappa shape index (κ1) is 18.5. The summed E-state index contributed by atoms with van der Waals surface area (Å²) in [6.45, 7) is 7.29. The van der Waals surface area contributed by atoms with Crippen molar-refractivity contribution in [1.82, 2.24) is 5.32 Å². The minimum atomic E-state index is 0.133. The predicted molar refractivity (Wildman–Crippen MR) is 119 cm³/mol. The Labute approximate surface area is 172 Å². The van der Waals surface area contributed by atoms with Crippen LogP contribution >= 0.6 is 12.2 Å². The van der Waals surface area contributed by atoms with Crippen LogP contribution in [0.3, 0.4) is 0 Å². The van der Waals surface area contributed by atoms with E-state index in [1.54, 1.807) is 0 Å². The summed E-state index contributed by atoms with van der Waals surface area (Å²) in [6, 6.07) is 22.6. The molecular formula is C24H24N2OS. The van der Waals surface area contributed by atoms with Gasteiger partial charge in [0, 0.05) is 6.54 Å². The van der Waals surface area contributed by atoms with Crippen LogP contribution < -0.4 is 15.0 Å². The maximum absolute atomic E-state index is 6.20. The van der Waals surface area contributed by atoms with Crippen molar-refractivity contribution in [3.63, 3.8) is 0 Å². The molecule has 3 aromatic rings. The molecule has 0 aliphatic carbocycles. The van der Waals surface area contributed by atoms with Crippen LogP contribution in [0.1, 0.15) is 28.3 Å². The summed E-state index contributed by atoms with van der Waals surface area (Å²) in [7, 11) is 0. The number of rotatable bonds is 4. The van der Waals surface area contributed by atoms with Crippen LogP contribution in [-0.2, 0) is 0 Å². The van der Waals surface area contributed by atoms with Crippen molar-refractivity contribution in [1.29, 1.82) is 0 Å². The van der Waals surface area contributed by atoms with Gasteiger partial charge in [0.1, 0.15) is 5.75 Å². The van der Waals surface area contributed by atoms with E-state index in [9.17, 15) is 0 Å². The van der Waals surface area contributed by atoms with Crippen molar-refractivity contribution in [2.45, 2.75) is 26.8 Å². The van der Waals surface area contributed by atoms with Gasteiger partial charge in [0.15, 0.2) is 10.9 Å². The van der Waals surface area contributed by atoms with E-state index < -0.39 is 0 Å². The van der Waals surface area contributed by atoms with Crippen molar-refractivity contribution in [3.05, 3.63) is 89.0 Å². The molecule has 0 spiro atoms. The summed E-state index contributed by atoms with van der Waals surface area (Å²) in [4.78, 5) is 2.19. The summed E-state index contributed by atoms with van der Waals surface area (Å²) in [6.07, 6.45) is 0. The zero-order valence-corrected chi connectivity index (χ0v) is 17.2. The van der Waals surface area contributed by atoms with Crippen LogP contribution in [0, 0.1) is 20.8 Å². The first-order valence-corrected chi connectivity index (χ1v) is 9.92. The Morgan fingerprint density at radius 3 is 2.29 bits per heavy atom. The average Bonchev–Trinajstić information content (AvgIpc) is 3.03. The largest absolute Gasteiger partial charge is 0.455 e. The van der Waals surface area contributed by atoms with Crippen molar-refractivity contribution >= 4 is 23.0 Å². The van der Waals surface area contributed by atoms with E-state index in [2.05, 4.69) is 49.2 Å². The summed E-state index contributed by atoms with van der Waals surface area (Å²) in [5, 5.41) is 4.11. The van der Waals surface area contributed by atoms with Gasteiger partial charge in [-0.3, -0.25) is 0 Å². The number of hydrogen-bond donors (Lipinski definition) is 1. The number of nitrogens with one attached hydrogen (secondary N) is 1. The van der Waals surface area contributed by atoms with Crippen LogP contribution in [0.5, 0.6) is 11.5 Å². The molecule has 3 nitrogen and oxygen atoms in total. The van der Waals surface area contributed by atoms with Crippen LogP contribution in [0.2, 0.25) is 0 Å². The lowest BCUT2D eigenvalue weighted by molar-refractivity contribution is 0.482. The second-order valence-electron chi connectivity index (χ2n) is 7.27. The van der Waals surface area contributed by atoms with Gasteiger partial charge in [-0.25, -0.2) is 0 Å². The number of thiocarbonyl (C=S) groups is 1. The molecule has 4 rings (SSSR count). The van der Waals surface area contributed by atoms with Crippen molar-refractivity contribution in [2.24, 2.45) is 0 Å². The van der Waals surface area contributed by atoms with Gasteiger partial charge in [-0.2, -0.15) is 0 Å². The zero-order chi connectivity index (χ0) is 19.7. The molecule has 3 aromatic carbocycles. The van der Waals surface area contributed by atoms with Gasteiger partial charge in [0.2, 0.25) is 0 Å². The molecule has 0 bridgehead atoms. The molecule has 142 valence electrons. The van der Waals surface area contributed by atoms with Gasteiger partial charge in [0.05, 0.1) is 11.7 Å². The highest BCUT2D eigenvalue weighted by molar-refractivity contribution is 7.80. The first-order chi connectivity index (χ1) is 13.5. The lowest BCUT2D eigenvalue weighted by Crippen LogP contribution is -2.30. The molecule has 1 unspecified atom stereocenters. The molecule has 1 N–H and O–H groups in total. The Kier molecular flexibility index (Phi) is 5.05. The minimum Gasteiger partial charge on any atom is -0.455 e. The van der Waals surface area contributed by atoms with Gasteiger partial charge in [-0.05, 0) is 73.9 Å². The van der Waals surface area contributed by atoms with Crippen LogP contribution in [0.4, 0.5) is 5.69 Å². The second-order valence-corrected chi connectivity index (χ2v) is 7.65. The number of hydrogen-bond acceptors (Lipinski definition) is 2. The Morgan fingerprint density at radius 2 is 1.57 bits per heavy atom. The Morgan fingerprint density at radius 1 is 0.929 bits per heavy atom. The molecule has 1 saturated heterocycles. The maximum Gasteiger partial charge on any atom is 0.174 e. The average molecular weight is 389 g/mol. The lowest BCUT2D eigenvalue weighted by atomic mass is 9.93. The van der Waals surface area contributed by atoms with Crippen LogP contribution in [0.15, 0.2) is 66.7 Å². The number of nitrogens with zero attached hydrogens (tertiary/aromatic N) is 1. The zero-order valence-electron chi connectivity index (χ0n) is 16.4. The normalized spacial score (nSPS) is 16.2. The fraction of sp³-hybridized carbons (Fsp3) is 0.208. The fourth-order valence-electron chi connectivity index (χ4n) is 4.09. The monoisotopic (exact) mass is 388 g/mol. The molecule has 1 aliphatic heterocycles. The number of anilines is 1. The molecule has 4 heteroatoms. The first-order valence-electron chi connectivity index (χ1n) is 9.51. The predicted octanol–water partition coefficient (Wildman–Crippen LogP) is 5.84. The van der Waals surface area contributed by atoms with E-state index in [0.29, 0.717) is 0 Å². The van der Waals surface area contributed by atoms with Gasteiger partial charge in [0.25, 0.3) is 0 Å². The van der Waals surface area contributed by atoms with E-state index in [-0.39, 0.29) is 6.04 Å². The molecule has 1 aliphatic rings. The van der Waals surface area contributed by atoms with E-state index >= 15 is 0 Å². The summed E-state index contributed by atoms with van der Waals surface area (Å²) in [5.74, 6) is 1.61. The number of ether oxygens (including phenoxy) is 1. The Hall–Kier alpha value is -2.85. The van der Waals surface area contributed by atoms with Crippen LogP contribution in [-0.4, -0.2) is 11.7 Å². The number of aryl methyl sites for hydroxylation is 3. The van der Waals surface area contributed by atoms with E-state index in [1.807, 2.05) is 48.5 Å². The molecule has 1 atom stereocenters. The standard InChI is InChI=1S/C24H24N2OS/c1-16-13-17(2)23(18(3)14-16)21-15-25-24(28)26(21)20-11-7-8-12-22(20)27-19-9-5-4-6-10-19/h4-14,21H,15H2,1-3H3,(H,25,28). The summed E-state index contributed by atoms with van der Waals surface area (Å²) >= 11 is 5.70. The van der Waals surface area contributed by atoms with Crippen molar-refractivity contribution in [3.8, 4) is 11.5 Å². The van der Waals surface area contributed by atoms with Crippen LogP contribution in [0.25, 0.3) is 0 Å². The second kappa shape index (κ2) is 7.64. The topological polar surface area (TPSA) is 24.5 Å². The maximum atomic E-state index is 6.20. The molecule has 1 fully saturated rings. The third-order valence-electron chi connectivity index (χ3n) is 5.14. The quantitative estimate of drug-likeness (QED) is 0.568. The van der Waals surface area contributed by atoms with E-state index in [0.717, 1.165) is 28.8 Å².